The van der Waals surface area contributed by atoms with Gasteiger partial charge in [0.1, 0.15) is 5.84 Å². The predicted octanol–water partition coefficient (Wildman–Crippen LogP) is 5.88. The van der Waals surface area contributed by atoms with Crippen LogP contribution >= 0.6 is 11.3 Å². The number of urea groups is 1. The van der Waals surface area contributed by atoms with E-state index >= 15 is 0 Å². The molecular weight excluding hydrogens is 468 g/mol. The van der Waals surface area contributed by atoms with Crippen molar-refractivity contribution in [2.45, 2.75) is 0 Å². The summed E-state index contributed by atoms with van der Waals surface area (Å²) < 4.78 is 0. The third-order valence-corrected chi connectivity index (χ3v) is 6.90. The van der Waals surface area contributed by atoms with Gasteiger partial charge in [-0.2, -0.15) is 0 Å². The van der Waals surface area contributed by atoms with Crippen LogP contribution < -0.4 is 21.3 Å². The molecule has 1 aromatic heterocycles. The lowest BCUT2D eigenvalue weighted by Gasteiger charge is -2.36. The molecule has 0 unspecified atom stereocenters. The van der Waals surface area contributed by atoms with Gasteiger partial charge in [-0.3, -0.25) is 0 Å². The first-order chi connectivity index (χ1) is 17.6. The van der Waals surface area contributed by atoms with Crippen LogP contribution in [0.15, 0.2) is 101 Å². The van der Waals surface area contributed by atoms with E-state index in [0.717, 1.165) is 46.4 Å². The van der Waals surface area contributed by atoms with Crippen molar-refractivity contribution in [2.24, 2.45) is 10.7 Å². The fraction of sp³-hybridized carbons (Fsp3) is 0.143. The molecule has 36 heavy (non-hydrogen) atoms. The zero-order chi connectivity index (χ0) is 24.7. The number of hydrogen-bond donors (Lipinski definition) is 3. The van der Waals surface area contributed by atoms with Crippen LogP contribution in [-0.2, 0) is 0 Å². The second-order valence-corrected chi connectivity index (χ2v) is 9.41. The minimum absolute atomic E-state index is 0.0767. The Morgan fingerprint density at radius 1 is 0.778 bits per heavy atom. The summed E-state index contributed by atoms with van der Waals surface area (Å²) >= 11 is 1.58. The number of piperazine rings is 1. The fourth-order valence-corrected chi connectivity index (χ4v) is 4.68. The summed E-state index contributed by atoms with van der Waals surface area (Å²) in [5, 5.41) is 8.34. The molecule has 0 radical (unpaired) electrons. The molecule has 0 saturated carbocycles. The second-order valence-electron chi connectivity index (χ2n) is 8.46. The molecule has 0 spiro atoms. The Morgan fingerprint density at radius 3 is 2.11 bits per heavy atom. The molecule has 2 amide bonds. The molecule has 2 heterocycles. The number of nitrogens with zero attached hydrogens (tertiary/aromatic N) is 3. The van der Waals surface area contributed by atoms with Crippen LogP contribution in [-0.4, -0.2) is 42.9 Å². The van der Waals surface area contributed by atoms with Crippen molar-refractivity contribution in [2.75, 3.05) is 41.7 Å². The van der Waals surface area contributed by atoms with Crippen molar-refractivity contribution in [3.8, 4) is 0 Å². The number of nitrogens with one attached hydrogen (secondary N) is 2. The molecule has 4 aromatic rings. The van der Waals surface area contributed by atoms with E-state index in [-0.39, 0.29) is 6.03 Å². The largest absolute Gasteiger partial charge is 0.383 e. The van der Waals surface area contributed by atoms with Gasteiger partial charge in [-0.15, -0.1) is 11.3 Å². The van der Waals surface area contributed by atoms with Gasteiger partial charge >= 0.3 is 6.03 Å². The minimum atomic E-state index is -0.0767. The molecule has 8 heteroatoms. The van der Waals surface area contributed by atoms with Crippen molar-refractivity contribution >= 4 is 51.6 Å². The summed E-state index contributed by atoms with van der Waals surface area (Å²) in [7, 11) is 0. The van der Waals surface area contributed by atoms with Gasteiger partial charge in [0.15, 0.2) is 0 Å². The first-order valence-corrected chi connectivity index (χ1v) is 12.7. The van der Waals surface area contributed by atoms with Crippen molar-refractivity contribution in [3.63, 3.8) is 0 Å². The van der Waals surface area contributed by atoms with Crippen LogP contribution in [0.25, 0.3) is 0 Å². The molecule has 1 saturated heterocycles. The maximum Gasteiger partial charge on any atom is 0.321 e. The summed E-state index contributed by atoms with van der Waals surface area (Å²) in [5.41, 5.74) is 10.8. The number of amides is 2. The van der Waals surface area contributed by atoms with Crippen LogP contribution in [0.3, 0.4) is 0 Å². The Labute approximate surface area is 214 Å². The number of carbonyl (C=O) groups is 1. The van der Waals surface area contributed by atoms with Crippen LogP contribution in [0.4, 0.5) is 33.2 Å². The van der Waals surface area contributed by atoms with E-state index in [1.807, 2.05) is 89.1 Å². The molecule has 5 rings (SSSR count). The number of nitrogens with two attached hydrogens (primary N) is 1. The monoisotopic (exact) mass is 496 g/mol. The Hall–Kier alpha value is -4.30. The Kier molecular flexibility index (Phi) is 7.14. The number of rotatable bonds is 6. The van der Waals surface area contributed by atoms with Crippen molar-refractivity contribution in [1.82, 2.24) is 4.90 Å². The quantitative estimate of drug-likeness (QED) is 0.230. The topological polar surface area (TPSA) is 86.0 Å². The maximum atomic E-state index is 12.8. The van der Waals surface area contributed by atoms with E-state index in [4.69, 9.17) is 5.73 Å². The molecule has 3 aromatic carbocycles. The Balaban J connectivity index is 1.11. The third kappa shape index (κ3) is 5.84. The zero-order valence-corrected chi connectivity index (χ0v) is 20.6. The lowest BCUT2D eigenvalue weighted by molar-refractivity contribution is 0.208. The van der Waals surface area contributed by atoms with Gasteiger partial charge < -0.3 is 26.2 Å². The number of benzene rings is 3. The van der Waals surface area contributed by atoms with E-state index in [0.29, 0.717) is 18.9 Å². The average molecular weight is 497 g/mol. The summed E-state index contributed by atoms with van der Waals surface area (Å²) in [5.74, 6) is 0.527. The van der Waals surface area contributed by atoms with Gasteiger partial charge in [0.05, 0.1) is 10.6 Å². The van der Waals surface area contributed by atoms with Gasteiger partial charge in [-0.25, -0.2) is 9.79 Å². The van der Waals surface area contributed by atoms with Crippen molar-refractivity contribution in [3.05, 3.63) is 101 Å². The average Bonchev–Trinajstić information content (AvgIpc) is 3.47. The normalized spacial score (nSPS) is 13.9. The van der Waals surface area contributed by atoms with E-state index in [9.17, 15) is 4.79 Å². The smallest absolute Gasteiger partial charge is 0.321 e. The fourth-order valence-electron chi connectivity index (χ4n) is 4.05. The number of anilines is 4. The van der Waals surface area contributed by atoms with Gasteiger partial charge in [0.2, 0.25) is 0 Å². The molecule has 1 aliphatic heterocycles. The summed E-state index contributed by atoms with van der Waals surface area (Å²) in [6.07, 6.45) is 0. The van der Waals surface area contributed by atoms with Crippen molar-refractivity contribution in [1.29, 1.82) is 0 Å². The molecule has 182 valence electrons. The van der Waals surface area contributed by atoms with E-state index in [1.165, 1.54) is 0 Å². The molecule has 1 aliphatic rings. The highest BCUT2D eigenvalue weighted by atomic mass is 32.1. The number of hydrogen-bond acceptors (Lipinski definition) is 5. The Bertz CT molecular complexity index is 1300. The Morgan fingerprint density at radius 2 is 1.44 bits per heavy atom. The lowest BCUT2D eigenvalue weighted by Crippen LogP contribution is -2.50. The summed E-state index contributed by atoms with van der Waals surface area (Å²) in [4.78, 5) is 22.4. The van der Waals surface area contributed by atoms with E-state index in [1.54, 1.807) is 11.3 Å². The molecule has 0 aliphatic carbocycles. The van der Waals surface area contributed by atoms with E-state index < -0.39 is 0 Å². The summed E-state index contributed by atoms with van der Waals surface area (Å²) in [6, 6.07) is 29.7. The van der Waals surface area contributed by atoms with Crippen LogP contribution in [0.2, 0.25) is 0 Å². The lowest BCUT2D eigenvalue weighted by atomic mass is 10.2. The number of thiophene rings is 1. The molecule has 0 bridgehead atoms. The first-order valence-electron chi connectivity index (χ1n) is 11.9. The van der Waals surface area contributed by atoms with Gasteiger partial charge in [0, 0.05) is 48.9 Å². The molecule has 7 nitrogen and oxygen atoms in total. The number of aliphatic imine (C=N–C) groups is 1. The van der Waals surface area contributed by atoms with E-state index in [2.05, 4.69) is 32.7 Å². The number of para-hydroxylation sites is 1. The highest BCUT2D eigenvalue weighted by Crippen LogP contribution is 2.23. The first kappa shape index (κ1) is 23.4. The van der Waals surface area contributed by atoms with Gasteiger partial charge in [-0.1, -0.05) is 24.3 Å². The number of amidine groups is 1. The molecule has 0 atom stereocenters. The number of carbonyl (C=O) groups excluding carboxylic acids is 1. The van der Waals surface area contributed by atoms with Crippen LogP contribution in [0, 0.1) is 0 Å². The maximum absolute atomic E-state index is 12.8. The predicted molar refractivity (Wildman–Crippen MR) is 150 cm³/mol. The SMILES string of the molecule is NC(=Nc1ccc(N2CCN(C(=O)Nc3ccc(Nc4ccccc4)cc3)CC2)cc1)c1cccs1. The van der Waals surface area contributed by atoms with Crippen LogP contribution in [0.1, 0.15) is 4.88 Å². The third-order valence-electron chi connectivity index (χ3n) is 6.00. The summed E-state index contributed by atoms with van der Waals surface area (Å²) in [6.45, 7) is 2.86. The van der Waals surface area contributed by atoms with Gasteiger partial charge in [-0.05, 0) is 72.1 Å². The van der Waals surface area contributed by atoms with Crippen LogP contribution in [0.5, 0.6) is 0 Å². The molecule has 4 N–H and O–H groups in total. The highest BCUT2D eigenvalue weighted by Gasteiger charge is 2.21. The van der Waals surface area contributed by atoms with Crippen molar-refractivity contribution < 1.29 is 4.79 Å². The zero-order valence-electron chi connectivity index (χ0n) is 19.8. The minimum Gasteiger partial charge on any atom is -0.383 e. The standard InChI is InChI=1S/C28H28N6OS/c29-27(26-7-4-20-36-26)31-23-12-14-25(15-13-23)33-16-18-34(19-17-33)28(35)32-24-10-8-22(9-11-24)30-21-5-2-1-3-6-21/h1-15,20,30H,16-19H2,(H2,29,31)(H,32,35). The molecular formula is C28H28N6OS. The second kappa shape index (κ2) is 11.0. The molecule has 1 fully saturated rings. The van der Waals surface area contributed by atoms with Gasteiger partial charge in [0.25, 0.3) is 0 Å². The highest BCUT2D eigenvalue weighted by molar-refractivity contribution is 7.12.